The van der Waals surface area contributed by atoms with E-state index in [1.165, 1.54) is 51.4 Å². The quantitative estimate of drug-likeness (QED) is 0.654. The molecule has 2 aliphatic rings. The summed E-state index contributed by atoms with van der Waals surface area (Å²) in [5.41, 5.74) is 1.15. The Morgan fingerprint density at radius 1 is 1.08 bits per heavy atom. The van der Waals surface area contributed by atoms with Gasteiger partial charge in [-0.25, -0.2) is 0 Å². The van der Waals surface area contributed by atoms with Crippen LogP contribution in [0, 0.1) is 11.8 Å². The molecule has 0 aromatic heterocycles. The van der Waals surface area contributed by atoms with Crippen LogP contribution in [0.1, 0.15) is 76.7 Å². The standard InChI is InChI=1S/C23H35NO2/c1-18(15-19-9-3-2-4-10-19)24-16-21-13-7-8-14-23(21)26-17-22(25)20-11-5-6-12-20/h7-8,13-14,18-20,24H,2-6,9-12,15-17H2,1H3. The molecule has 1 N–H and O–H groups in total. The highest BCUT2D eigenvalue weighted by Crippen LogP contribution is 2.28. The summed E-state index contributed by atoms with van der Waals surface area (Å²) in [6.07, 6.45) is 12.8. The molecule has 0 amide bonds. The van der Waals surface area contributed by atoms with E-state index in [4.69, 9.17) is 4.74 Å². The Hall–Kier alpha value is -1.35. The van der Waals surface area contributed by atoms with E-state index < -0.39 is 0 Å². The number of carbonyl (C=O) groups excluding carboxylic acids is 1. The molecule has 0 saturated heterocycles. The number of benzene rings is 1. The van der Waals surface area contributed by atoms with E-state index >= 15 is 0 Å². The lowest BCUT2D eigenvalue weighted by atomic mass is 9.85. The second kappa shape index (κ2) is 10.1. The molecule has 1 aromatic carbocycles. The highest BCUT2D eigenvalue weighted by molar-refractivity contribution is 5.82. The van der Waals surface area contributed by atoms with E-state index in [9.17, 15) is 4.79 Å². The number of carbonyl (C=O) groups is 1. The number of ketones is 1. The predicted molar refractivity (Wildman–Crippen MR) is 106 cm³/mol. The Morgan fingerprint density at radius 2 is 1.77 bits per heavy atom. The highest BCUT2D eigenvalue weighted by atomic mass is 16.5. The summed E-state index contributed by atoms with van der Waals surface area (Å²) >= 11 is 0. The first-order valence-electron chi connectivity index (χ1n) is 10.7. The predicted octanol–water partition coefficient (Wildman–Crippen LogP) is 5.27. The van der Waals surface area contributed by atoms with Crippen LogP contribution in [0.5, 0.6) is 5.75 Å². The number of Topliss-reactive ketones (excluding diaryl/α,β-unsaturated/α-hetero) is 1. The average Bonchev–Trinajstić information content (AvgIpc) is 3.21. The van der Waals surface area contributed by atoms with Crippen molar-refractivity contribution in [2.24, 2.45) is 11.8 Å². The van der Waals surface area contributed by atoms with Crippen molar-refractivity contribution in [2.45, 2.75) is 83.7 Å². The molecule has 1 atom stereocenters. The molecule has 0 aliphatic heterocycles. The van der Waals surface area contributed by atoms with Gasteiger partial charge in [0.15, 0.2) is 5.78 Å². The monoisotopic (exact) mass is 357 g/mol. The van der Waals surface area contributed by atoms with E-state index in [1.807, 2.05) is 12.1 Å². The number of nitrogens with one attached hydrogen (secondary N) is 1. The maximum atomic E-state index is 12.3. The first kappa shape index (κ1) is 19.4. The number of para-hydroxylation sites is 1. The van der Waals surface area contributed by atoms with Gasteiger partial charge in [-0.3, -0.25) is 4.79 Å². The summed E-state index contributed by atoms with van der Waals surface area (Å²) in [6.45, 7) is 3.32. The Morgan fingerprint density at radius 3 is 2.54 bits per heavy atom. The van der Waals surface area contributed by atoms with Gasteiger partial charge in [0.1, 0.15) is 12.4 Å². The summed E-state index contributed by atoms with van der Waals surface area (Å²) in [7, 11) is 0. The van der Waals surface area contributed by atoms with Gasteiger partial charge in [-0.05, 0) is 38.2 Å². The zero-order chi connectivity index (χ0) is 18.2. The Kier molecular flexibility index (Phi) is 7.55. The SMILES string of the molecule is CC(CC1CCCCC1)NCc1ccccc1OCC(=O)C1CCCC1. The van der Waals surface area contributed by atoms with Crippen molar-refractivity contribution in [2.75, 3.05) is 6.61 Å². The van der Waals surface area contributed by atoms with Crippen LogP contribution in [0.2, 0.25) is 0 Å². The maximum absolute atomic E-state index is 12.3. The first-order valence-corrected chi connectivity index (χ1v) is 10.7. The number of hydrogen-bond acceptors (Lipinski definition) is 3. The number of rotatable bonds is 9. The summed E-state index contributed by atoms with van der Waals surface area (Å²) in [6, 6.07) is 8.66. The summed E-state index contributed by atoms with van der Waals surface area (Å²) in [5, 5.41) is 3.66. The van der Waals surface area contributed by atoms with Crippen LogP contribution in [-0.2, 0) is 11.3 Å². The molecule has 2 fully saturated rings. The van der Waals surface area contributed by atoms with Crippen molar-refractivity contribution in [1.82, 2.24) is 5.32 Å². The molecule has 0 spiro atoms. The third kappa shape index (κ3) is 5.84. The van der Waals surface area contributed by atoms with Crippen LogP contribution in [0.15, 0.2) is 24.3 Å². The lowest BCUT2D eigenvalue weighted by Gasteiger charge is -2.25. The molecule has 0 heterocycles. The van der Waals surface area contributed by atoms with Crippen molar-refractivity contribution in [1.29, 1.82) is 0 Å². The zero-order valence-corrected chi connectivity index (χ0v) is 16.3. The topological polar surface area (TPSA) is 38.3 Å². The van der Waals surface area contributed by atoms with Crippen LogP contribution >= 0.6 is 0 Å². The Bertz CT molecular complexity index is 559. The van der Waals surface area contributed by atoms with Gasteiger partial charge in [-0.15, -0.1) is 0 Å². The fraction of sp³-hybridized carbons (Fsp3) is 0.696. The average molecular weight is 358 g/mol. The van der Waals surface area contributed by atoms with Crippen LogP contribution in [0.4, 0.5) is 0 Å². The summed E-state index contributed by atoms with van der Waals surface area (Å²) < 4.78 is 5.90. The van der Waals surface area contributed by atoms with Gasteiger partial charge in [0.2, 0.25) is 0 Å². The van der Waals surface area contributed by atoms with E-state index in [0.29, 0.717) is 6.04 Å². The molecule has 2 aliphatic carbocycles. The van der Waals surface area contributed by atoms with Gasteiger partial charge in [0.05, 0.1) is 0 Å². The molecule has 3 heteroatoms. The first-order chi connectivity index (χ1) is 12.7. The van der Waals surface area contributed by atoms with Crippen molar-refractivity contribution in [3.05, 3.63) is 29.8 Å². The lowest BCUT2D eigenvalue weighted by Crippen LogP contribution is -2.29. The molecule has 3 rings (SSSR count). The normalized spacial score (nSPS) is 20.2. The van der Waals surface area contributed by atoms with Crippen LogP contribution in [-0.4, -0.2) is 18.4 Å². The van der Waals surface area contributed by atoms with Crippen molar-refractivity contribution in [3.8, 4) is 5.75 Å². The van der Waals surface area contributed by atoms with Gasteiger partial charge in [0.25, 0.3) is 0 Å². The minimum atomic E-state index is 0.222. The van der Waals surface area contributed by atoms with Gasteiger partial charge < -0.3 is 10.1 Å². The molecular weight excluding hydrogens is 322 g/mol. The molecular formula is C23H35NO2. The van der Waals surface area contributed by atoms with Gasteiger partial charge in [-0.1, -0.05) is 63.1 Å². The largest absolute Gasteiger partial charge is 0.485 e. The number of ether oxygens (including phenoxy) is 1. The maximum Gasteiger partial charge on any atom is 0.173 e. The van der Waals surface area contributed by atoms with Gasteiger partial charge >= 0.3 is 0 Å². The van der Waals surface area contributed by atoms with Crippen molar-refractivity contribution >= 4 is 5.78 Å². The Labute approximate surface area is 158 Å². The minimum absolute atomic E-state index is 0.222. The van der Waals surface area contributed by atoms with Crippen molar-refractivity contribution < 1.29 is 9.53 Å². The molecule has 144 valence electrons. The molecule has 0 radical (unpaired) electrons. The summed E-state index contributed by atoms with van der Waals surface area (Å²) in [4.78, 5) is 12.3. The fourth-order valence-corrected chi connectivity index (χ4v) is 4.60. The van der Waals surface area contributed by atoms with E-state index in [2.05, 4.69) is 24.4 Å². The molecule has 1 aromatic rings. The highest BCUT2D eigenvalue weighted by Gasteiger charge is 2.23. The summed E-state index contributed by atoms with van der Waals surface area (Å²) in [5.74, 6) is 2.25. The van der Waals surface area contributed by atoms with Gasteiger partial charge in [-0.2, -0.15) is 0 Å². The molecule has 2 saturated carbocycles. The second-order valence-electron chi connectivity index (χ2n) is 8.37. The third-order valence-electron chi connectivity index (χ3n) is 6.21. The lowest BCUT2D eigenvalue weighted by molar-refractivity contribution is -0.124. The Balaban J connectivity index is 1.46. The molecule has 26 heavy (non-hydrogen) atoms. The molecule has 1 unspecified atom stereocenters. The minimum Gasteiger partial charge on any atom is -0.485 e. The van der Waals surface area contributed by atoms with E-state index in [0.717, 1.165) is 36.6 Å². The number of hydrogen-bond donors (Lipinski definition) is 1. The fourth-order valence-electron chi connectivity index (χ4n) is 4.60. The smallest absolute Gasteiger partial charge is 0.173 e. The van der Waals surface area contributed by atoms with Gasteiger partial charge in [0, 0.05) is 24.1 Å². The second-order valence-corrected chi connectivity index (χ2v) is 8.37. The van der Waals surface area contributed by atoms with Crippen LogP contribution < -0.4 is 10.1 Å². The van der Waals surface area contributed by atoms with E-state index in [1.54, 1.807) is 0 Å². The van der Waals surface area contributed by atoms with Crippen molar-refractivity contribution in [3.63, 3.8) is 0 Å². The van der Waals surface area contributed by atoms with Crippen LogP contribution in [0.25, 0.3) is 0 Å². The zero-order valence-electron chi connectivity index (χ0n) is 16.3. The van der Waals surface area contributed by atoms with E-state index in [-0.39, 0.29) is 18.3 Å². The third-order valence-corrected chi connectivity index (χ3v) is 6.21. The van der Waals surface area contributed by atoms with Crippen LogP contribution in [0.3, 0.4) is 0 Å². The molecule has 0 bridgehead atoms. The molecule has 3 nitrogen and oxygen atoms in total.